The number of aliphatic hydroxyl groups is 1. The predicted octanol–water partition coefficient (Wildman–Crippen LogP) is 1.71. The normalized spacial score (nSPS) is 23.4. The van der Waals surface area contributed by atoms with Gasteiger partial charge in [0, 0.05) is 6.54 Å². The number of nitrogens with one attached hydrogen (secondary N) is 2. The molecule has 1 aromatic heterocycles. The van der Waals surface area contributed by atoms with E-state index in [1.54, 1.807) is 6.92 Å². The maximum Gasteiger partial charge on any atom is 0.244 e. The van der Waals surface area contributed by atoms with Gasteiger partial charge >= 0.3 is 0 Å². The van der Waals surface area contributed by atoms with Gasteiger partial charge in [0.05, 0.1) is 12.3 Å². The first kappa shape index (κ1) is 16.5. The highest BCUT2D eigenvalue weighted by molar-refractivity contribution is 7.89. The highest BCUT2D eigenvalue weighted by Crippen LogP contribution is 2.30. The maximum absolute atomic E-state index is 12.3. The number of aliphatic hydroxyl groups excluding tert-OH is 1. The molecule has 0 atom stereocenters. The fraction of sp³-hybridized carbons (Fsp3) is 0.786. The zero-order chi connectivity index (χ0) is 15.5. The molecule has 0 radical (unpaired) electrons. The van der Waals surface area contributed by atoms with Crippen molar-refractivity contribution < 1.29 is 13.5 Å². The Morgan fingerprint density at radius 3 is 2.62 bits per heavy atom. The summed E-state index contributed by atoms with van der Waals surface area (Å²) >= 11 is 0. The van der Waals surface area contributed by atoms with Gasteiger partial charge in [-0.3, -0.25) is 5.10 Å². The first-order valence-corrected chi connectivity index (χ1v) is 9.06. The summed E-state index contributed by atoms with van der Waals surface area (Å²) in [7, 11) is -3.61. The van der Waals surface area contributed by atoms with Crippen LogP contribution >= 0.6 is 0 Å². The minimum absolute atomic E-state index is 0.0854. The summed E-state index contributed by atoms with van der Waals surface area (Å²) in [6.45, 7) is 3.97. The van der Waals surface area contributed by atoms with Crippen LogP contribution in [-0.2, 0) is 16.6 Å². The number of nitrogens with zero attached hydrogens (tertiary/aromatic N) is 1. The Balaban J connectivity index is 1.91. The summed E-state index contributed by atoms with van der Waals surface area (Å²) < 4.78 is 27.2. The van der Waals surface area contributed by atoms with E-state index in [1.807, 2.05) is 0 Å². The molecule has 0 unspecified atom stereocenters. The molecule has 2 rings (SSSR count). The number of rotatable bonds is 6. The molecule has 0 bridgehead atoms. The van der Waals surface area contributed by atoms with Crippen LogP contribution in [-0.4, -0.2) is 30.3 Å². The fourth-order valence-corrected chi connectivity index (χ4v) is 4.42. The Bertz CT molecular complexity index is 560. The topological polar surface area (TPSA) is 95.1 Å². The molecule has 0 aliphatic heterocycles. The molecule has 3 N–H and O–H groups in total. The van der Waals surface area contributed by atoms with Gasteiger partial charge in [0.2, 0.25) is 10.0 Å². The third kappa shape index (κ3) is 4.05. The molecule has 0 saturated heterocycles. The van der Waals surface area contributed by atoms with Gasteiger partial charge in [-0.15, -0.1) is 0 Å². The fourth-order valence-electron chi connectivity index (χ4n) is 3.02. The van der Waals surface area contributed by atoms with Crippen molar-refractivity contribution in [3.05, 3.63) is 11.4 Å². The smallest absolute Gasteiger partial charge is 0.244 e. The summed E-state index contributed by atoms with van der Waals surface area (Å²) in [5, 5.41) is 15.6. The standard InChI is InChI=1S/C14H25N3O3S/c1-10-3-5-12(6-4-10)7-8-15-21(19,20)14-11(2)16-17-13(14)9-18/h10,12,15,18H,3-9H2,1-2H3,(H,16,17). The first-order chi connectivity index (χ1) is 9.94. The molecular formula is C14H25N3O3S. The molecule has 1 heterocycles. The SMILES string of the molecule is Cc1[nH]nc(CO)c1S(=O)(=O)NCCC1CCC(C)CC1. The molecule has 120 valence electrons. The summed E-state index contributed by atoms with van der Waals surface area (Å²) in [5.41, 5.74) is 0.629. The molecule has 1 saturated carbocycles. The molecule has 1 fully saturated rings. The highest BCUT2D eigenvalue weighted by Gasteiger charge is 2.24. The van der Waals surface area contributed by atoms with Gasteiger partial charge in [-0.2, -0.15) is 5.10 Å². The molecule has 7 heteroatoms. The third-order valence-corrected chi connectivity index (χ3v) is 6.02. The second-order valence-electron chi connectivity index (χ2n) is 6.09. The number of aryl methyl sites for hydroxylation is 1. The lowest BCUT2D eigenvalue weighted by Gasteiger charge is -2.26. The van der Waals surface area contributed by atoms with E-state index in [-0.39, 0.29) is 17.2 Å². The van der Waals surface area contributed by atoms with Crippen LogP contribution in [0.2, 0.25) is 0 Å². The first-order valence-electron chi connectivity index (χ1n) is 7.58. The average molecular weight is 315 g/mol. The molecule has 21 heavy (non-hydrogen) atoms. The Kier molecular flexibility index (Phi) is 5.40. The van der Waals surface area contributed by atoms with Crippen LogP contribution < -0.4 is 4.72 Å². The summed E-state index contributed by atoms with van der Waals surface area (Å²) in [6.07, 6.45) is 5.74. The maximum atomic E-state index is 12.3. The third-order valence-electron chi connectivity index (χ3n) is 4.36. The van der Waals surface area contributed by atoms with E-state index in [0.29, 0.717) is 18.2 Å². The summed E-state index contributed by atoms with van der Waals surface area (Å²) in [4.78, 5) is 0.0854. The second kappa shape index (κ2) is 6.89. The number of aromatic nitrogens is 2. The molecule has 0 amide bonds. The van der Waals surface area contributed by atoms with E-state index in [1.165, 1.54) is 25.7 Å². The van der Waals surface area contributed by atoms with E-state index >= 15 is 0 Å². The Hall–Kier alpha value is -0.920. The highest BCUT2D eigenvalue weighted by atomic mass is 32.2. The van der Waals surface area contributed by atoms with Gasteiger partial charge < -0.3 is 5.11 Å². The van der Waals surface area contributed by atoms with Crippen molar-refractivity contribution in [3.8, 4) is 0 Å². The van der Waals surface area contributed by atoms with Crippen molar-refractivity contribution >= 4 is 10.0 Å². The van der Waals surface area contributed by atoms with E-state index in [0.717, 1.165) is 12.3 Å². The molecule has 1 aliphatic rings. The van der Waals surface area contributed by atoms with Gasteiger partial charge in [0.1, 0.15) is 10.6 Å². The van der Waals surface area contributed by atoms with Crippen molar-refractivity contribution in [2.75, 3.05) is 6.54 Å². The van der Waals surface area contributed by atoms with E-state index in [9.17, 15) is 13.5 Å². The molecule has 1 aromatic rings. The largest absolute Gasteiger partial charge is 0.390 e. The van der Waals surface area contributed by atoms with Gasteiger partial charge in [0.25, 0.3) is 0 Å². The van der Waals surface area contributed by atoms with Crippen LogP contribution in [0, 0.1) is 18.8 Å². The Morgan fingerprint density at radius 1 is 1.33 bits per heavy atom. The Labute approximate surface area is 126 Å². The van der Waals surface area contributed by atoms with Gasteiger partial charge in [0.15, 0.2) is 0 Å². The Morgan fingerprint density at radius 2 is 2.00 bits per heavy atom. The lowest BCUT2D eigenvalue weighted by molar-refractivity contribution is 0.273. The van der Waals surface area contributed by atoms with Crippen LogP contribution in [0.3, 0.4) is 0 Å². The van der Waals surface area contributed by atoms with Gasteiger partial charge in [-0.25, -0.2) is 13.1 Å². The van der Waals surface area contributed by atoms with Gasteiger partial charge in [-0.05, 0) is 25.2 Å². The minimum Gasteiger partial charge on any atom is -0.390 e. The van der Waals surface area contributed by atoms with Crippen LogP contribution in [0.15, 0.2) is 4.90 Å². The molecule has 0 aromatic carbocycles. The van der Waals surface area contributed by atoms with E-state index in [2.05, 4.69) is 21.8 Å². The lowest BCUT2D eigenvalue weighted by atomic mass is 9.81. The number of aromatic amines is 1. The predicted molar refractivity (Wildman–Crippen MR) is 80.2 cm³/mol. The second-order valence-corrected chi connectivity index (χ2v) is 7.80. The molecule has 1 aliphatic carbocycles. The molecule has 6 nitrogen and oxygen atoms in total. The number of hydrogen-bond acceptors (Lipinski definition) is 4. The van der Waals surface area contributed by atoms with Gasteiger partial charge in [-0.1, -0.05) is 32.6 Å². The zero-order valence-corrected chi connectivity index (χ0v) is 13.5. The minimum atomic E-state index is -3.61. The number of hydrogen-bond donors (Lipinski definition) is 3. The zero-order valence-electron chi connectivity index (χ0n) is 12.7. The van der Waals surface area contributed by atoms with Crippen LogP contribution in [0.25, 0.3) is 0 Å². The number of H-pyrrole nitrogens is 1. The van der Waals surface area contributed by atoms with E-state index in [4.69, 9.17) is 0 Å². The summed E-state index contributed by atoms with van der Waals surface area (Å²) in [5.74, 6) is 1.42. The molecule has 0 spiro atoms. The lowest BCUT2D eigenvalue weighted by Crippen LogP contribution is -2.28. The monoisotopic (exact) mass is 315 g/mol. The van der Waals surface area contributed by atoms with Crippen LogP contribution in [0.1, 0.15) is 50.4 Å². The molecular weight excluding hydrogens is 290 g/mol. The quantitative estimate of drug-likeness (QED) is 0.744. The van der Waals surface area contributed by atoms with Crippen LogP contribution in [0.4, 0.5) is 0 Å². The van der Waals surface area contributed by atoms with Crippen molar-refractivity contribution in [3.63, 3.8) is 0 Å². The summed E-state index contributed by atoms with van der Waals surface area (Å²) in [6, 6.07) is 0. The van der Waals surface area contributed by atoms with E-state index < -0.39 is 10.0 Å². The van der Waals surface area contributed by atoms with Crippen LogP contribution in [0.5, 0.6) is 0 Å². The number of sulfonamides is 1. The van der Waals surface area contributed by atoms with Crippen molar-refractivity contribution in [2.24, 2.45) is 11.8 Å². The van der Waals surface area contributed by atoms with Crippen molar-refractivity contribution in [2.45, 2.75) is 57.5 Å². The average Bonchev–Trinajstić information content (AvgIpc) is 2.83. The van der Waals surface area contributed by atoms with Crippen molar-refractivity contribution in [1.29, 1.82) is 0 Å². The van der Waals surface area contributed by atoms with Crippen molar-refractivity contribution in [1.82, 2.24) is 14.9 Å².